The van der Waals surface area contributed by atoms with E-state index in [0.29, 0.717) is 12.0 Å². The molecule has 1 aromatic heterocycles. The van der Waals surface area contributed by atoms with Crippen molar-refractivity contribution in [1.82, 2.24) is 5.32 Å². The SMILES string of the molecule is CNC(Cc1cc(F)ccc1F)c1cc2c(s1)CCCC2. The molecule has 1 N–H and O–H groups in total. The number of hydrogen-bond acceptors (Lipinski definition) is 2. The number of halogens is 2. The Kier molecular flexibility index (Phi) is 4.36. The van der Waals surface area contributed by atoms with Crippen molar-refractivity contribution < 1.29 is 8.78 Å². The first-order chi connectivity index (χ1) is 10.2. The molecule has 1 atom stereocenters. The van der Waals surface area contributed by atoms with Crippen molar-refractivity contribution in [2.45, 2.75) is 38.1 Å². The Labute approximate surface area is 128 Å². The Morgan fingerprint density at radius 3 is 2.76 bits per heavy atom. The van der Waals surface area contributed by atoms with Gasteiger partial charge in [-0.3, -0.25) is 0 Å². The molecule has 0 saturated heterocycles. The lowest BCUT2D eigenvalue weighted by atomic mass is 9.98. The van der Waals surface area contributed by atoms with Crippen molar-refractivity contribution in [3.8, 4) is 0 Å². The van der Waals surface area contributed by atoms with E-state index >= 15 is 0 Å². The van der Waals surface area contributed by atoms with Crippen molar-refractivity contribution in [1.29, 1.82) is 0 Å². The molecule has 1 heterocycles. The Morgan fingerprint density at radius 2 is 2.00 bits per heavy atom. The molecule has 112 valence electrons. The summed E-state index contributed by atoms with van der Waals surface area (Å²) in [5, 5.41) is 3.24. The fourth-order valence-corrected chi connectivity index (χ4v) is 4.32. The molecule has 0 fully saturated rings. The van der Waals surface area contributed by atoms with Crippen LogP contribution in [0.5, 0.6) is 0 Å². The molecule has 0 aliphatic heterocycles. The highest BCUT2D eigenvalue weighted by Crippen LogP contribution is 2.34. The molecule has 4 heteroatoms. The second-order valence-electron chi connectivity index (χ2n) is 5.59. The number of likely N-dealkylation sites (N-methyl/N-ethyl adjacent to an activating group) is 1. The summed E-state index contributed by atoms with van der Waals surface area (Å²) in [5.74, 6) is -0.718. The molecule has 0 spiro atoms. The third-order valence-electron chi connectivity index (χ3n) is 4.14. The van der Waals surface area contributed by atoms with Gasteiger partial charge in [0.25, 0.3) is 0 Å². The van der Waals surface area contributed by atoms with Crippen molar-refractivity contribution in [3.05, 3.63) is 56.8 Å². The van der Waals surface area contributed by atoms with E-state index < -0.39 is 0 Å². The summed E-state index contributed by atoms with van der Waals surface area (Å²) < 4.78 is 27.1. The molecule has 1 nitrogen and oxygen atoms in total. The van der Waals surface area contributed by atoms with Gasteiger partial charge in [-0.1, -0.05) is 0 Å². The van der Waals surface area contributed by atoms with Crippen LogP contribution in [0.1, 0.15) is 39.8 Å². The van der Waals surface area contributed by atoms with Crippen LogP contribution < -0.4 is 5.32 Å². The third kappa shape index (κ3) is 3.16. The minimum absolute atomic E-state index is 0.0388. The fourth-order valence-electron chi connectivity index (χ4n) is 2.95. The van der Waals surface area contributed by atoms with Crippen LogP contribution in [0.15, 0.2) is 24.3 Å². The maximum Gasteiger partial charge on any atom is 0.126 e. The molecule has 0 radical (unpaired) electrons. The molecule has 21 heavy (non-hydrogen) atoms. The second-order valence-corrected chi connectivity index (χ2v) is 6.75. The third-order valence-corrected chi connectivity index (χ3v) is 5.49. The van der Waals surface area contributed by atoms with E-state index in [-0.39, 0.29) is 17.7 Å². The van der Waals surface area contributed by atoms with Gasteiger partial charge >= 0.3 is 0 Å². The predicted octanol–water partition coefficient (Wildman–Crippen LogP) is 4.41. The summed E-state index contributed by atoms with van der Waals surface area (Å²) in [4.78, 5) is 2.70. The summed E-state index contributed by atoms with van der Waals surface area (Å²) in [6.45, 7) is 0. The van der Waals surface area contributed by atoms with E-state index in [9.17, 15) is 8.78 Å². The number of benzene rings is 1. The van der Waals surface area contributed by atoms with Crippen LogP contribution in [0.2, 0.25) is 0 Å². The van der Waals surface area contributed by atoms with E-state index in [1.807, 2.05) is 18.4 Å². The van der Waals surface area contributed by atoms with Gasteiger partial charge in [0, 0.05) is 15.8 Å². The number of rotatable bonds is 4. The highest BCUT2D eigenvalue weighted by atomic mass is 32.1. The first kappa shape index (κ1) is 14.7. The number of fused-ring (bicyclic) bond motifs is 1. The maximum absolute atomic E-state index is 13.8. The minimum Gasteiger partial charge on any atom is -0.312 e. The van der Waals surface area contributed by atoms with Gasteiger partial charge in [0.2, 0.25) is 0 Å². The average Bonchev–Trinajstić information content (AvgIpc) is 2.91. The highest BCUT2D eigenvalue weighted by molar-refractivity contribution is 7.12. The average molecular weight is 307 g/mol. The molecule has 0 saturated carbocycles. The van der Waals surface area contributed by atoms with E-state index in [1.54, 1.807) is 0 Å². The van der Waals surface area contributed by atoms with Gasteiger partial charge in [0.05, 0.1) is 0 Å². The van der Waals surface area contributed by atoms with Gasteiger partial charge in [-0.05, 0) is 74.5 Å². The second kappa shape index (κ2) is 6.24. The van der Waals surface area contributed by atoms with Crippen molar-refractivity contribution >= 4 is 11.3 Å². The van der Waals surface area contributed by atoms with Gasteiger partial charge < -0.3 is 5.32 Å². The summed E-state index contributed by atoms with van der Waals surface area (Å²) >= 11 is 1.82. The Morgan fingerprint density at radius 1 is 1.19 bits per heavy atom. The Balaban J connectivity index is 1.84. The highest BCUT2D eigenvalue weighted by Gasteiger charge is 2.19. The van der Waals surface area contributed by atoms with Gasteiger partial charge in [-0.25, -0.2) is 8.78 Å². The van der Waals surface area contributed by atoms with Crippen LogP contribution in [0.25, 0.3) is 0 Å². The smallest absolute Gasteiger partial charge is 0.126 e. The summed E-state index contributed by atoms with van der Waals surface area (Å²) in [7, 11) is 1.88. The number of hydrogen-bond donors (Lipinski definition) is 1. The summed E-state index contributed by atoms with van der Waals surface area (Å²) in [6, 6.07) is 5.95. The molecule has 2 aromatic rings. The van der Waals surface area contributed by atoms with Crippen molar-refractivity contribution in [3.63, 3.8) is 0 Å². The Hall–Kier alpha value is -1.26. The van der Waals surface area contributed by atoms with Crippen molar-refractivity contribution in [2.24, 2.45) is 0 Å². The topological polar surface area (TPSA) is 12.0 Å². The standard InChI is InChI=1S/C17H19F2NS/c1-20-15(9-12-8-13(18)6-7-14(12)19)17-10-11-4-2-3-5-16(11)21-17/h6-8,10,15,20H,2-5,9H2,1H3. The number of nitrogens with one attached hydrogen (secondary N) is 1. The van der Waals surface area contributed by atoms with E-state index in [2.05, 4.69) is 11.4 Å². The van der Waals surface area contributed by atoms with Crippen LogP contribution in [-0.4, -0.2) is 7.05 Å². The molecule has 1 aliphatic rings. The number of aryl methyl sites for hydroxylation is 2. The van der Waals surface area contributed by atoms with Crippen LogP contribution >= 0.6 is 11.3 Å². The van der Waals surface area contributed by atoms with Gasteiger partial charge in [-0.2, -0.15) is 0 Å². The lowest BCUT2D eigenvalue weighted by Crippen LogP contribution is -2.18. The van der Waals surface area contributed by atoms with Crippen LogP contribution in [-0.2, 0) is 19.3 Å². The van der Waals surface area contributed by atoms with Gasteiger partial charge in [-0.15, -0.1) is 11.3 Å². The maximum atomic E-state index is 13.8. The normalized spacial score (nSPS) is 15.8. The molecular weight excluding hydrogens is 288 g/mol. The first-order valence-electron chi connectivity index (χ1n) is 7.40. The lowest BCUT2D eigenvalue weighted by Gasteiger charge is -2.15. The van der Waals surface area contributed by atoms with E-state index in [1.165, 1.54) is 40.3 Å². The quantitative estimate of drug-likeness (QED) is 0.882. The first-order valence-corrected chi connectivity index (χ1v) is 8.21. The van der Waals surface area contributed by atoms with E-state index in [4.69, 9.17) is 0 Å². The minimum atomic E-state index is -0.383. The molecular formula is C17H19F2NS. The zero-order valence-corrected chi connectivity index (χ0v) is 12.9. The Bertz CT molecular complexity index is 612. The number of thiophene rings is 1. The molecule has 1 unspecified atom stereocenters. The predicted molar refractivity (Wildman–Crippen MR) is 82.8 cm³/mol. The van der Waals surface area contributed by atoms with Gasteiger partial charge in [0.1, 0.15) is 11.6 Å². The van der Waals surface area contributed by atoms with Crippen LogP contribution in [0.3, 0.4) is 0 Å². The summed E-state index contributed by atoms with van der Waals surface area (Å²) in [5.41, 5.74) is 1.88. The summed E-state index contributed by atoms with van der Waals surface area (Å²) in [6.07, 6.45) is 5.29. The lowest BCUT2D eigenvalue weighted by molar-refractivity contribution is 0.548. The van der Waals surface area contributed by atoms with E-state index in [0.717, 1.165) is 18.9 Å². The molecule has 1 aliphatic carbocycles. The van der Waals surface area contributed by atoms with Crippen molar-refractivity contribution in [2.75, 3.05) is 7.05 Å². The fraction of sp³-hybridized carbons (Fsp3) is 0.412. The molecule has 3 rings (SSSR count). The molecule has 0 amide bonds. The molecule has 0 bridgehead atoms. The monoisotopic (exact) mass is 307 g/mol. The molecule has 1 aromatic carbocycles. The largest absolute Gasteiger partial charge is 0.312 e. The van der Waals surface area contributed by atoms with Crippen LogP contribution in [0, 0.1) is 11.6 Å². The van der Waals surface area contributed by atoms with Gasteiger partial charge in [0.15, 0.2) is 0 Å². The zero-order valence-electron chi connectivity index (χ0n) is 12.1. The van der Waals surface area contributed by atoms with Crippen LogP contribution in [0.4, 0.5) is 8.78 Å². The zero-order chi connectivity index (χ0) is 14.8.